The Morgan fingerprint density at radius 3 is 2.57 bits per heavy atom. The third-order valence-electron chi connectivity index (χ3n) is 5.18. The molecule has 1 saturated heterocycles. The summed E-state index contributed by atoms with van der Waals surface area (Å²) in [4.78, 5) is 27.5. The monoisotopic (exact) mass is 453 g/mol. The number of carbonyl (C=O) groups excluding carboxylic acids is 2. The smallest absolute Gasteiger partial charge is 0.247 e. The maximum Gasteiger partial charge on any atom is 0.247 e. The Hall–Kier alpha value is -2.36. The van der Waals surface area contributed by atoms with Gasteiger partial charge in [0.2, 0.25) is 21.8 Å². The van der Waals surface area contributed by atoms with Gasteiger partial charge in [0.05, 0.1) is 19.1 Å². The first-order valence-electron chi connectivity index (χ1n) is 9.40. The van der Waals surface area contributed by atoms with Gasteiger partial charge in [-0.3, -0.25) is 9.59 Å². The number of nitrogens with one attached hydrogen (secondary N) is 1. The van der Waals surface area contributed by atoms with E-state index >= 15 is 0 Å². The van der Waals surface area contributed by atoms with Crippen LogP contribution in [-0.4, -0.2) is 60.9 Å². The van der Waals surface area contributed by atoms with Gasteiger partial charge >= 0.3 is 0 Å². The van der Waals surface area contributed by atoms with Gasteiger partial charge in [-0.25, -0.2) is 8.42 Å². The van der Waals surface area contributed by atoms with Crippen LogP contribution in [-0.2, 0) is 32.6 Å². The fourth-order valence-corrected chi connectivity index (χ4v) is 4.41. The zero-order valence-corrected chi connectivity index (χ0v) is 18.4. The van der Waals surface area contributed by atoms with Gasteiger partial charge in [0.1, 0.15) is 11.3 Å². The zero-order chi connectivity index (χ0) is 21.9. The van der Waals surface area contributed by atoms with E-state index in [-0.39, 0.29) is 26.2 Å². The highest BCUT2D eigenvalue weighted by molar-refractivity contribution is 7.88. The van der Waals surface area contributed by atoms with Crippen LogP contribution >= 0.6 is 11.6 Å². The van der Waals surface area contributed by atoms with Crippen molar-refractivity contribution in [2.75, 3.05) is 25.9 Å². The molecule has 30 heavy (non-hydrogen) atoms. The van der Waals surface area contributed by atoms with Crippen LogP contribution in [0.4, 0.5) is 0 Å². The van der Waals surface area contributed by atoms with E-state index in [0.717, 1.165) is 16.1 Å². The maximum absolute atomic E-state index is 13.2. The summed E-state index contributed by atoms with van der Waals surface area (Å²) in [7, 11) is -3.64. The van der Waals surface area contributed by atoms with Crippen molar-refractivity contribution in [2.45, 2.75) is 25.4 Å². The SMILES string of the molecule is CC1(C(=O)NCc2ccc(Cl)cc2)CN(S(C)(=O)=O)CC(=O)N1CCc1ccco1. The first-order valence-corrected chi connectivity index (χ1v) is 11.6. The molecule has 0 saturated carbocycles. The summed E-state index contributed by atoms with van der Waals surface area (Å²) in [5.74, 6) is -0.182. The molecule has 1 aliphatic rings. The third kappa shape index (κ3) is 5.03. The molecule has 162 valence electrons. The van der Waals surface area contributed by atoms with E-state index in [4.69, 9.17) is 16.0 Å². The Morgan fingerprint density at radius 2 is 1.97 bits per heavy atom. The lowest BCUT2D eigenvalue weighted by molar-refractivity contribution is -0.152. The number of sulfonamides is 1. The average molecular weight is 454 g/mol. The largest absolute Gasteiger partial charge is 0.469 e. The molecule has 8 nitrogen and oxygen atoms in total. The molecule has 1 aromatic heterocycles. The quantitative estimate of drug-likeness (QED) is 0.687. The molecule has 0 aliphatic carbocycles. The number of benzene rings is 1. The fourth-order valence-electron chi connectivity index (χ4n) is 3.45. The summed E-state index contributed by atoms with van der Waals surface area (Å²) in [6.45, 7) is 1.63. The number of piperazine rings is 1. The fraction of sp³-hybridized carbons (Fsp3) is 0.400. The van der Waals surface area contributed by atoms with E-state index in [1.165, 1.54) is 11.2 Å². The molecule has 1 aromatic carbocycles. The molecule has 1 aliphatic heterocycles. The molecule has 1 fully saturated rings. The molecule has 1 atom stereocenters. The molecule has 10 heteroatoms. The minimum absolute atomic E-state index is 0.123. The van der Waals surface area contributed by atoms with Crippen LogP contribution < -0.4 is 5.32 Å². The molecular formula is C20H24ClN3O5S. The lowest BCUT2D eigenvalue weighted by Gasteiger charge is -2.46. The predicted molar refractivity (Wildman–Crippen MR) is 112 cm³/mol. The molecule has 1 unspecified atom stereocenters. The Morgan fingerprint density at radius 1 is 1.27 bits per heavy atom. The van der Waals surface area contributed by atoms with Crippen LogP contribution in [0, 0.1) is 0 Å². The Balaban J connectivity index is 1.80. The number of rotatable bonds is 7. The second-order valence-electron chi connectivity index (χ2n) is 7.49. The van der Waals surface area contributed by atoms with Gasteiger partial charge < -0.3 is 14.6 Å². The number of amides is 2. The van der Waals surface area contributed by atoms with Crippen LogP contribution in [0.5, 0.6) is 0 Å². The van der Waals surface area contributed by atoms with Crippen molar-refractivity contribution >= 4 is 33.4 Å². The summed E-state index contributed by atoms with van der Waals surface area (Å²) in [5, 5.41) is 3.41. The van der Waals surface area contributed by atoms with Crippen LogP contribution in [0.15, 0.2) is 47.1 Å². The normalized spacial score (nSPS) is 20.4. The number of hydrogen-bond acceptors (Lipinski definition) is 5. The summed E-state index contributed by atoms with van der Waals surface area (Å²) in [6.07, 6.45) is 2.99. The number of carbonyl (C=O) groups is 2. The van der Waals surface area contributed by atoms with Gasteiger partial charge in [-0.2, -0.15) is 4.31 Å². The first kappa shape index (κ1) is 22.3. The summed E-state index contributed by atoms with van der Waals surface area (Å²) >= 11 is 5.89. The number of halogens is 1. The molecule has 0 spiro atoms. The second kappa shape index (κ2) is 8.79. The lowest BCUT2D eigenvalue weighted by atomic mass is 9.95. The van der Waals surface area contributed by atoms with E-state index in [1.807, 2.05) is 0 Å². The molecule has 0 bridgehead atoms. The van der Waals surface area contributed by atoms with Crippen molar-refractivity contribution < 1.29 is 22.4 Å². The highest BCUT2D eigenvalue weighted by Gasteiger charge is 2.49. The molecule has 3 rings (SSSR count). The topological polar surface area (TPSA) is 99.9 Å². The van der Waals surface area contributed by atoms with E-state index in [1.54, 1.807) is 43.3 Å². The van der Waals surface area contributed by atoms with Crippen LogP contribution in [0.1, 0.15) is 18.2 Å². The zero-order valence-electron chi connectivity index (χ0n) is 16.8. The second-order valence-corrected chi connectivity index (χ2v) is 9.91. The van der Waals surface area contributed by atoms with E-state index in [0.29, 0.717) is 17.2 Å². The Kier molecular flexibility index (Phi) is 6.54. The van der Waals surface area contributed by atoms with Gasteiger partial charge in [0.15, 0.2) is 0 Å². The van der Waals surface area contributed by atoms with Gasteiger partial charge in [-0.1, -0.05) is 23.7 Å². The van der Waals surface area contributed by atoms with Crippen LogP contribution in [0.3, 0.4) is 0 Å². The minimum atomic E-state index is -3.64. The maximum atomic E-state index is 13.2. The molecule has 2 heterocycles. The van der Waals surface area contributed by atoms with E-state index in [2.05, 4.69) is 5.32 Å². The Labute approximate surface area is 180 Å². The number of nitrogens with zero attached hydrogens (tertiary/aromatic N) is 2. The van der Waals surface area contributed by atoms with E-state index < -0.39 is 27.4 Å². The first-order chi connectivity index (χ1) is 14.1. The highest BCUT2D eigenvalue weighted by Crippen LogP contribution is 2.25. The summed E-state index contributed by atoms with van der Waals surface area (Å²) in [5.41, 5.74) is -0.530. The Bertz CT molecular complexity index is 1010. The molecule has 2 amide bonds. The van der Waals surface area contributed by atoms with Gasteiger partial charge in [-0.15, -0.1) is 0 Å². The molecular weight excluding hydrogens is 430 g/mol. The van der Waals surface area contributed by atoms with Gasteiger partial charge in [-0.05, 0) is 36.8 Å². The minimum Gasteiger partial charge on any atom is -0.469 e. The summed E-state index contributed by atoms with van der Waals surface area (Å²) < 4.78 is 30.6. The summed E-state index contributed by atoms with van der Waals surface area (Å²) in [6, 6.07) is 10.5. The van der Waals surface area contributed by atoms with Crippen LogP contribution in [0.2, 0.25) is 5.02 Å². The van der Waals surface area contributed by atoms with E-state index in [9.17, 15) is 18.0 Å². The lowest BCUT2D eigenvalue weighted by Crippen LogP contribution is -2.69. The van der Waals surface area contributed by atoms with Crippen molar-refractivity contribution in [3.63, 3.8) is 0 Å². The van der Waals surface area contributed by atoms with Crippen molar-refractivity contribution in [1.82, 2.24) is 14.5 Å². The van der Waals surface area contributed by atoms with Crippen molar-refractivity contribution in [3.05, 3.63) is 59.0 Å². The molecule has 1 N–H and O–H groups in total. The average Bonchev–Trinajstić information content (AvgIpc) is 3.19. The van der Waals surface area contributed by atoms with Gasteiger partial charge in [0.25, 0.3) is 0 Å². The van der Waals surface area contributed by atoms with Crippen molar-refractivity contribution in [2.24, 2.45) is 0 Å². The standard InChI is InChI=1S/C20H24ClN3O5S/c1-20(19(26)22-12-15-5-7-16(21)8-6-15)14-23(30(2,27)28)13-18(25)24(20)10-9-17-4-3-11-29-17/h3-8,11H,9-10,12-14H2,1-2H3,(H,22,26). The number of furan rings is 1. The number of hydrogen-bond donors (Lipinski definition) is 1. The van der Waals surface area contributed by atoms with Crippen molar-refractivity contribution in [3.8, 4) is 0 Å². The predicted octanol–water partition coefficient (Wildman–Crippen LogP) is 1.65. The molecule has 0 radical (unpaired) electrons. The third-order valence-corrected chi connectivity index (χ3v) is 6.63. The van der Waals surface area contributed by atoms with Gasteiger partial charge in [0, 0.05) is 31.1 Å². The highest BCUT2D eigenvalue weighted by atomic mass is 35.5. The molecule has 2 aromatic rings. The van der Waals surface area contributed by atoms with Crippen LogP contribution in [0.25, 0.3) is 0 Å². The van der Waals surface area contributed by atoms with Crippen molar-refractivity contribution in [1.29, 1.82) is 0 Å².